The Labute approximate surface area is 93.4 Å². The van der Waals surface area contributed by atoms with Crippen molar-refractivity contribution in [1.82, 2.24) is 9.55 Å². The van der Waals surface area contributed by atoms with E-state index in [0.717, 1.165) is 6.54 Å². The highest BCUT2D eigenvalue weighted by atomic mass is 16.5. The molecule has 0 radical (unpaired) electrons. The quantitative estimate of drug-likeness (QED) is 0.795. The number of hydrogen-bond acceptors (Lipinski definition) is 4. The van der Waals surface area contributed by atoms with E-state index in [4.69, 9.17) is 9.84 Å². The molecule has 1 aromatic heterocycles. The molecule has 1 atom stereocenters. The van der Waals surface area contributed by atoms with Crippen molar-refractivity contribution >= 4 is 11.9 Å². The maximum atomic E-state index is 11.1. The predicted molar refractivity (Wildman–Crippen MR) is 57.5 cm³/mol. The second kappa shape index (κ2) is 4.52. The molecular formula is C10H15N3O3. The van der Waals surface area contributed by atoms with Gasteiger partial charge in [-0.15, -0.1) is 0 Å². The van der Waals surface area contributed by atoms with Crippen molar-refractivity contribution in [1.29, 1.82) is 0 Å². The summed E-state index contributed by atoms with van der Waals surface area (Å²) in [6.45, 7) is 4.10. The first kappa shape index (κ1) is 10.9. The van der Waals surface area contributed by atoms with Gasteiger partial charge >= 0.3 is 5.97 Å². The number of carboxylic acid groups (broad SMARTS) is 1. The van der Waals surface area contributed by atoms with Crippen LogP contribution in [0.1, 0.15) is 6.92 Å². The van der Waals surface area contributed by atoms with Gasteiger partial charge in [0.15, 0.2) is 6.04 Å². The molecule has 6 heteroatoms. The third-order valence-corrected chi connectivity index (χ3v) is 2.70. The van der Waals surface area contributed by atoms with Crippen molar-refractivity contribution in [3.8, 4) is 0 Å². The van der Waals surface area contributed by atoms with Crippen LogP contribution in [0.2, 0.25) is 0 Å². The predicted octanol–water partition coefficient (Wildman–Crippen LogP) is 0.193. The highest BCUT2D eigenvalue weighted by Gasteiger charge is 2.31. The van der Waals surface area contributed by atoms with Crippen LogP contribution >= 0.6 is 0 Å². The summed E-state index contributed by atoms with van der Waals surface area (Å²) in [5, 5.41) is 9.11. The minimum absolute atomic E-state index is 0.214. The van der Waals surface area contributed by atoms with Gasteiger partial charge in [0.05, 0.1) is 13.2 Å². The molecular weight excluding hydrogens is 210 g/mol. The van der Waals surface area contributed by atoms with Crippen LogP contribution in [0.25, 0.3) is 0 Å². The van der Waals surface area contributed by atoms with Gasteiger partial charge in [-0.2, -0.15) is 0 Å². The number of rotatable bonds is 3. The number of anilines is 1. The highest BCUT2D eigenvalue weighted by molar-refractivity contribution is 5.77. The van der Waals surface area contributed by atoms with Crippen LogP contribution in [0.4, 0.5) is 5.95 Å². The van der Waals surface area contributed by atoms with E-state index < -0.39 is 12.0 Å². The van der Waals surface area contributed by atoms with Crippen molar-refractivity contribution in [2.45, 2.75) is 19.5 Å². The number of aryl methyl sites for hydroxylation is 1. The Hall–Kier alpha value is -1.56. The van der Waals surface area contributed by atoms with Crippen molar-refractivity contribution < 1.29 is 14.6 Å². The summed E-state index contributed by atoms with van der Waals surface area (Å²) in [7, 11) is 0. The Bertz CT molecular complexity index is 377. The van der Waals surface area contributed by atoms with Crippen LogP contribution in [-0.2, 0) is 16.1 Å². The van der Waals surface area contributed by atoms with E-state index in [0.29, 0.717) is 19.1 Å². The Morgan fingerprint density at radius 2 is 2.56 bits per heavy atom. The van der Waals surface area contributed by atoms with E-state index in [1.165, 1.54) is 0 Å². The Kier molecular flexibility index (Phi) is 3.09. The lowest BCUT2D eigenvalue weighted by Crippen LogP contribution is -2.51. The van der Waals surface area contributed by atoms with Gasteiger partial charge < -0.3 is 19.3 Å². The molecule has 1 unspecified atom stereocenters. The summed E-state index contributed by atoms with van der Waals surface area (Å²) in [6, 6.07) is -0.638. The van der Waals surface area contributed by atoms with E-state index in [1.807, 2.05) is 17.7 Å². The number of aliphatic carboxylic acids is 1. The molecule has 0 amide bonds. The maximum Gasteiger partial charge on any atom is 0.328 e. The van der Waals surface area contributed by atoms with Gasteiger partial charge in [0.1, 0.15) is 0 Å². The average Bonchev–Trinajstić information content (AvgIpc) is 2.76. The lowest BCUT2D eigenvalue weighted by atomic mass is 10.2. The third kappa shape index (κ3) is 1.88. The number of imidazole rings is 1. The molecule has 88 valence electrons. The smallest absolute Gasteiger partial charge is 0.328 e. The number of hydrogen-bond donors (Lipinski definition) is 1. The highest BCUT2D eigenvalue weighted by Crippen LogP contribution is 2.17. The molecule has 1 fully saturated rings. The van der Waals surface area contributed by atoms with E-state index in [-0.39, 0.29) is 6.61 Å². The number of carbonyl (C=O) groups is 1. The van der Waals surface area contributed by atoms with Crippen molar-refractivity contribution in [3.05, 3.63) is 12.4 Å². The van der Waals surface area contributed by atoms with Crippen LogP contribution in [0, 0.1) is 0 Å². The molecule has 2 rings (SSSR count). The second-order valence-corrected chi connectivity index (χ2v) is 3.64. The fourth-order valence-electron chi connectivity index (χ4n) is 1.85. The second-order valence-electron chi connectivity index (χ2n) is 3.64. The molecule has 1 saturated heterocycles. The standard InChI is InChI=1S/C10H15N3O3/c1-2-12-4-3-11-10(12)13-5-6-16-7-8(13)9(14)15/h3-4,8H,2,5-7H2,1H3,(H,14,15). The molecule has 0 aliphatic carbocycles. The summed E-state index contributed by atoms with van der Waals surface area (Å²) in [5.41, 5.74) is 0. The fourth-order valence-corrected chi connectivity index (χ4v) is 1.85. The van der Waals surface area contributed by atoms with Crippen LogP contribution in [0.15, 0.2) is 12.4 Å². The molecule has 0 saturated carbocycles. The number of ether oxygens (including phenoxy) is 1. The van der Waals surface area contributed by atoms with Gasteiger partial charge in [0, 0.05) is 25.5 Å². The van der Waals surface area contributed by atoms with Gasteiger partial charge in [0.2, 0.25) is 5.95 Å². The van der Waals surface area contributed by atoms with Gasteiger partial charge in [-0.25, -0.2) is 9.78 Å². The molecule has 1 N–H and O–H groups in total. The Morgan fingerprint density at radius 1 is 1.75 bits per heavy atom. The molecule has 1 aliphatic rings. The molecule has 0 spiro atoms. The first-order valence-corrected chi connectivity index (χ1v) is 5.32. The lowest BCUT2D eigenvalue weighted by molar-refractivity contribution is -0.141. The largest absolute Gasteiger partial charge is 0.480 e. The van der Waals surface area contributed by atoms with Gasteiger partial charge in [0.25, 0.3) is 0 Å². The number of morpholine rings is 1. The number of aromatic nitrogens is 2. The van der Waals surface area contributed by atoms with Crippen molar-refractivity contribution in [2.75, 3.05) is 24.7 Å². The molecule has 1 aliphatic heterocycles. The lowest BCUT2D eigenvalue weighted by Gasteiger charge is -2.33. The van der Waals surface area contributed by atoms with E-state index >= 15 is 0 Å². The molecule has 2 heterocycles. The average molecular weight is 225 g/mol. The van der Waals surface area contributed by atoms with E-state index in [9.17, 15) is 4.79 Å². The van der Waals surface area contributed by atoms with Crippen LogP contribution in [-0.4, -0.2) is 46.4 Å². The van der Waals surface area contributed by atoms with E-state index in [2.05, 4.69) is 4.98 Å². The van der Waals surface area contributed by atoms with Crippen molar-refractivity contribution in [2.24, 2.45) is 0 Å². The first-order valence-electron chi connectivity index (χ1n) is 5.32. The van der Waals surface area contributed by atoms with Crippen molar-refractivity contribution in [3.63, 3.8) is 0 Å². The molecule has 6 nitrogen and oxygen atoms in total. The minimum atomic E-state index is -0.870. The van der Waals surface area contributed by atoms with Crippen LogP contribution in [0.5, 0.6) is 0 Å². The fraction of sp³-hybridized carbons (Fsp3) is 0.600. The zero-order chi connectivity index (χ0) is 11.5. The molecule has 1 aromatic rings. The molecule has 0 aromatic carbocycles. The zero-order valence-corrected chi connectivity index (χ0v) is 9.17. The summed E-state index contributed by atoms with van der Waals surface area (Å²) in [6.07, 6.45) is 3.54. The van der Waals surface area contributed by atoms with Gasteiger partial charge in [-0.3, -0.25) is 0 Å². The van der Waals surface area contributed by atoms with Crippen LogP contribution < -0.4 is 4.90 Å². The molecule has 0 bridgehead atoms. The summed E-state index contributed by atoms with van der Waals surface area (Å²) in [5.74, 6) is -0.163. The number of carboxylic acids is 1. The normalized spacial score (nSPS) is 21.1. The van der Waals surface area contributed by atoms with E-state index in [1.54, 1.807) is 11.1 Å². The Balaban J connectivity index is 2.26. The van der Waals surface area contributed by atoms with Gasteiger partial charge in [-0.1, -0.05) is 0 Å². The monoisotopic (exact) mass is 225 g/mol. The minimum Gasteiger partial charge on any atom is -0.480 e. The Morgan fingerprint density at radius 3 is 3.25 bits per heavy atom. The summed E-state index contributed by atoms with van der Waals surface area (Å²) < 4.78 is 7.12. The summed E-state index contributed by atoms with van der Waals surface area (Å²) >= 11 is 0. The molecule has 16 heavy (non-hydrogen) atoms. The van der Waals surface area contributed by atoms with Crippen LogP contribution in [0.3, 0.4) is 0 Å². The zero-order valence-electron chi connectivity index (χ0n) is 9.17. The van der Waals surface area contributed by atoms with Gasteiger partial charge in [-0.05, 0) is 6.92 Å². The number of nitrogens with zero attached hydrogens (tertiary/aromatic N) is 3. The SMILES string of the molecule is CCn1ccnc1N1CCOCC1C(=O)O. The topological polar surface area (TPSA) is 67.6 Å². The maximum absolute atomic E-state index is 11.1. The third-order valence-electron chi connectivity index (χ3n) is 2.70. The summed E-state index contributed by atoms with van der Waals surface area (Å²) in [4.78, 5) is 17.1. The first-order chi connectivity index (χ1) is 7.74.